The van der Waals surface area contributed by atoms with Gasteiger partial charge in [-0.3, -0.25) is 4.79 Å². The fourth-order valence-electron chi connectivity index (χ4n) is 1.69. The van der Waals surface area contributed by atoms with Crippen molar-refractivity contribution >= 4 is 23.5 Å². The third kappa shape index (κ3) is 3.19. The molecule has 0 saturated heterocycles. The van der Waals surface area contributed by atoms with E-state index in [9.17, 15) is 15.0 Å². The molecule has 0 bridgehead atoms. The standard InChI is InChI=1S/C16H13ClO3/c1-10-2-5-12(6-3-10)14(18)7-4-11-8-13(17)16(20)15(19)9-11/h2-9,19-20H,1H3/b7-4+. The minimum atomic E-state index is -0.367. The summed E-state index contributed by atoms with van der Waals surface area (Å²) in [6, 6.07) is 10.0. The second kappa shape index (κ2) is 5.80. The zero-order chi connectivity index (χ0) is 14.7. The minimum absolute atomic E-state index is 0.0347. The van der Waals surface area contributed by atoms with Crippen LogP contribution in [0.1, 0.15) is 21.5 Å². The van der Waals surface area contributed by atoms with Gasteiger partial charge in [0.2, 0.25) is 0 Å². The Hall–Kier alpha value is -2.26. The molecule has 2 aromatic rings. The van der Waals surface area contributed by atoms with E-state index in [0.29, 0.717) is 11.1 Å². The number of phenolic OH excluding ortho intramolecular Hbond substituents is 2. The maximum atomic E-state index is 11.9. The van der Waals surface area contributed by atoms with Crippen LogP contribution in [0.25, 0.3) is 6.08 Å². The molecule has 0 unspecified atom stereocenters. The summed E-state index contributed by atoms with van der Waals surface area (Å²) in [5.41, 5.74) is 2.20. The Balaban J connectivity index is 2.21. The highest BCUT2D eigenvalue weighted by Crippen LogP contribution is 2.34. The molecule has 3 nitrogen and oxygen atoms in total. The highest BCUT2D eigenvalue weighted by Gasteiger charge is 2.06. The number of benzene rings is 2. The topological polar surface area (TPSA) is 57.5 Å². The third-order valence-electron chi connectivity index (χ3n) is 2.83. The Morgan fingerprint density at radius 2 is 1.80 bits per heavy atom. The van der Waals surface area contributed by atoms with Crippen molar-refractivity contribution in [1.82, 2.24) is 0 Å². The number of hydrogen-bond acceptors (Lipinski definition) is 3. The van der Waals surface area contributed by atoms with E-state index < -0.39 is 0 Å². The van der Waals surface area contributed by atoms with E-state index in [1.807, 2.05) is 19.1 Å². The molecule has 0 atom stereocenters. The van der Waals surface area contributed by atoms with Crippen LogP contribution in [0.5, 0.6) is 11.5 Å². The van der Waals surface area contributed by atoms with Crippen molar-refractivity contribution in [1.29, 1.82) is 0 Å². The molecule has 0 aliphatic rings. The van der Waals surface area contributed by atoms with Gasteiger partial charge in [-0.25, -0.2) is 0 Å². The van der Waals surface area contributed by atoms with E-state index in [1.54, 1.807) is 12.1 Å². The zero-order valence-electron chi connectivity index (χ0n) is 10.8. The molecular weight excluding hydrogens is 276 g/mol. The number of carbonyl (C=O) groups is 1. The van der Waals surface area contributed by atoms with Gasteiger partial charge in [-0.2, -0.15) is 0 Å². The van der Waals surface area contributed by atoms with Gasteiger partial charge in [-0.15, -0.1) is 0 Å². The van der Waals surface area contributed by atoms with Gasteiger partial charge in [0.25, 0.3) is 0 Å². The number of hydrogen-bond donors (Lipinski definition) is 2. The number of halogens is 1. The van der Waals surface area contributed by atoms with Gasteiger partial charge in [0, 0.05) is 5.56 Å². The van der Waals surface area contributed by atoms with E-state index in [2.05, 4.69) is 0 Å². The molecule has 0 amide bonds. The van der Waals surface area contributed by atoms with E-state index in [-0.39, 0.29) is 22.3 Å². The number of ketones is 1. The second-order valence-electron chi connectivity index (χ2n) is 4.43. The summed E-state index contributed by atoms with van der Waals surface area (Å²) in [6.07, 6.45) is 2.93. The predicted octanol–water partition coefficient (Wildman–Crippen LogP) is 3.96. The molecule has 0 aromatic heterocycles. The van der Waals surface area contributed by atoms with Gasteiger partial charge in [0.05, 0.1) is 5.02 Å². The molecule has 2 N–H and O–H groups in total. The molecule has 4 heteroatoms. The molecule has 0 spiro atoms. The number of aromatic hydroxyl groups is 2. The first kappa shape index (κ1) is 14.2. The first-order valence-corrected chi connectivity index (χ1v) is 6.36. The van der Waals surface area contributed by atoms with Crippen molar-refractivity contribution in [2.45, 2.75) is 6.92 Å². The van der Waals surface area contributed by atoms with Crippen LogP contribution in [0.3, 0.4) is 0 Å². The lowest BCUT2D eigenvalue weighted by Crippen LogP contribution is -1.93. The Bertz CT molecular complexity index is 650. The number of carbonyl (C=O) groups excluding carboxylic acids is 1. The van der Waals surface area contributed by atoms with Crippen molar-refractivity contribution in [2.75, 3.05) is 0 Å². The normalized spacial score (nSPS) is 10.9. The summed E-state index contributed by atoms with van der Waals surface area (Å²) >= 11 is 5.74. The molecule has 2 rings (SSSR count). The van der Waals surface area contributed by atoms with Gasteiger partial charge < -0.3 is 10.2 Å². The number of phenols is 2. The summed E-state index contributed by atoms with van der Waals surface area (Å²) in [5, 5.41) is 18.8. The van der Waals surface area contributed by atoms with Crippen LogP contribution in [0.15, 0.2) is 42.5 Å². The van der Waals surface area contributed by atoms with E-state index in [4.69, 9.17) is 11.6 Å². The van der Waals surface area contributed by atoms with Gasteiger partial charge in [0.1, 0.15) is 0 Å². The molecule has 2 aromatic carbocycles. The quantitative estimate of drug-likeness (QED) is 0.511. The summed E-state index contributed by atoms with van der Waals surface area (Å²) in [4.78, 5) is 11.9. The average molecular weight is 289 g/mol. The Morgan fingerprint density at radius 1 is 1.15 bits per heavy atom. The maximum Gasteiger partial charge on any atom is 0.185 e. The molecule has 20 heavy (non-hydrogen) atoms. The van der Waals surface area contributed by atoms with Gasteiger partial charge in [-0.1, -0.05) is 47.5 Å². The largest absolute Gasteiger partial charge is 0.504 e. The van der Waals surface area contributed by atoms with Crippen molar-refractivity contribution in [2.24, 2.45) is 0 Å². The summed E-state index contributed by atoms with van der Waals surface area (Å²) in [5.74, 6) is -0.831. The fraction of sp³-hybridized carbons (Fsp3) is 0.0625. The smallest absolute Gasteiger partial charge is 0.185 e. The molecule has 102 valence electrons. The van der Waals surface area contributed by atoms with Crippen LogP contribution in [0, 0.1) is 6.92 Å². The fourth-order valence-corrected chi connectivity index (χ4v) is 1.91. The highest BCUT2D eigenvalue weighted by atomic mass is 35.5. The second-order valence-corrected chi connectivity index (χ2v) is 4.84. The van der Waals surface area contributed by atoms with Crippen LogP contribution in [0.2, 0.25) is 5.02 Å². The Morgan fingerprint density at radius 3 is 2.40 bits per heavy atom. The first-order valence-electron chi connectivity index (χ1n) is 5.98. The van der Waals surface area contributed by atoms with E-state index in [1.165, 1.54) is 24.3 Å². The molecule has 0 aliphatic heterocycles. The lowest BCUT2D eigenvalue weighted by molar-refractivity contribution is 0.104. The zero-order valence-corrected chi connectivity index (χ0v) is 11.6. The summed E-state index contributed by atoms with van der Waals surface area (Å²) in [6.45, 7) is 1.95. The van der Waals surface area contributed by atoms with Crippen LogP contribution < -0.4 is 0 Å². The van der Waals surface area contributed by atoms with Crippen molar-refractivity contribution in [3.8, 4) is 11.5 Å². The van der Waals surface area contributed by atoms with E-state index in [0.717, 1.165) is 5.56 Å². The monoisotopic (exact) mass is 288 g/mol. The summed E-state index contributed by atoms with van der Waals surface area (Å²) < 4.78 is 0. The van der Waals surface area contributed by atoms with Crippen molar-refractivity contribution < 1.29 is 15.0 Å². The maximum absolute atomic E-state index is 11.9. The van der Waals surface area contributed by atoms with E-state index >= 15 is 0 Å². The van der Waals surface area contributed by atoms with Crippen LogP contribution in [-0.4, -0.2) is 16.0 Å². The van der Waals surface area contributed by atoms with Crippen LogP contribution >= 0.6 is 11.6 Å². The lowest BCUT2D eigenvalue weighted by atomic mass is 10.1. The number of allylic oxidation sites excluding steroid dienone is 1. The number of rotatable bonds is 3. The Kier molecular flexibility index (Phi) is 4.11. The minimum Gasteiger partial charge on any atom is -0.504 e. The van der Waals surface area contributed by atoms with Gasteiger partial charge in [0.15, 0.2) is 17.3 Å². The predicted molar refractivity (Wildman–Crippen MR) is 79.3 cm³/mol. The lowest BCUT2D eigenvalue weighted by Gasteiger charge is -2.02. The van der Waals surface area contributed by atoms with Gasteiger partial charge in [-0.05, 0) is 30.7 Å². The van der Waals surface area contributed by atoms with Crippen LogP contribution in [-0.2, 0) is 0 Å². The molecule has 0 fully saturated rings. The third-order valence-corrected chi connectivity index (χ3v) is 3.12. The molecule has 0 radical (unpaired) electrons. The highest BCUT2D eigenvalue weighted by molar-refractivity contribution is 6.32. The van der Waals surface area contributed by atoms with Crippen molar-refractivity contribution in [3.05, 3.63) is 64.2 Å². The SMILES string of the molecule is Cc1ccc(C(=O)/C=C/c2cc(O)c(O)c(Cl)c2)cc1. The van der Waals surface area contributed by atoms with Crippen LogP contribution in [0.4, 0.5) is 0 Å². The average Bonchev–Trinajstić information content (AvgIpc) is 2.42. The first-order chi connectivity index (χ1) is 9.47. The van der Waals surface area contributed by atoms with Gasteiger partial charge >= 0.3 is 0 Å². The Labute approximate surface area is 121 Å². The summed E-state index contributed by atoms with van der Waals surface area (Å²) in [7, 11) is 0. The molecule has 0 heterocycles. The number of aryl methyl sites for hydroxylation is 1. The molecular formula is C16H13ClO3. The molecule has 0 aliphatic carbocycles. The molecule has 0 saturated carbocycles. The van der Waals surface area contributed by atoms with Crippen molar-refractivity contribution in [3.63, 3.8) is 0 Å².